The smallest absolute Gasteiger partial charge is 0.229 e. The van der Waals surface area contributed by atoms with Gasteiger partial charge in [-0.15, -0.1) is 0 Å². The van der Waals surface area contributed by atoms with Crippen molar-refractivity contribution in [2.45, 2.75) is 58.2 Å². The number of aromatic nitrogens is 2. The number of nitrogens with zero attached hydrogens (tertiary/aromatic N) is 6. The fraction of sp³-hybridized carbons (Fsp3) is 0.621. The number of piperazine rings is 1. The van der Waals surface area contributed by atoms with Crippen LogP contribution in [-0.2, 0) is 6.42 Å². The molecular formula is C29H44ClN9O. The van der Waals surface area contributed by atoms with E-state index in [1.54, 1.807) is 13.3 Å². The maximum Gasteiger partial charge on any atom is 0.229 e. The third kappa shape index (κ3) is 6.09. The quantitative estimate of drug-likeness (QED) is 0.406. The first kappa shape index (κ1) is 28.7. The predicted octanol–water partition coefficient (Wildman–Crippen LogP) is 4.40. The highest BCUT2D eigenvalue weighted by Crippen LogP contribution is 2.37. The third-order valence-corrected chi connectivity index (χ3v) is 9.00. The maximum atomic E-state index is 6.50. The molecule has 0 saturated carbocycles. The lowest BCUT2D eigenvalue weighted by molar-refractivity contribution is 0.0982. The van der Waals surface area contributed by atoms with Gasteiger partial charge in [-0.2, -0.15) is 10.1 Å². The molecule has 10 nitrogen and oxygen atoms in total. The lowest BCUT2D eigenvalue weighted by atomic mass is 9.94. The van der Waals surface area contributed by atoms with Crippen LogP contribution in [0, 0.1) is 5.92 Å². The second kappa shape index (κ2) is 12.4. The number of piperidine rings is 1. The zero-order valence-electron chi connectivity index (χ0n) is 24.5. The number of anilines is 4. The number of hydrogen-bond donors (Lipinski definition) is 3. The van der Waals surface area contributed by atoms with Crippen molar-refractivity contribution >= 4 is 41.0 Å². The molecule has 0 bridgehead atoms. The van der Waals surface area contributed by atoms with Gasteiger partial charge in [-0.1, -0.05) is 32.4 Å². The lowest BCUT2D eigenvalue weighted by Gasteiger charge is -2.43. The van der Waals surface area contributed by atoms with Crippen molar-refractivity contribution < 1.29 is 4.74 Å². The first-order valence-electron chi connectivity index (χ1n) is 14.6. The summed E-state index contributed by atoms with van der Waals surface area (Å²) in [6, 6.07) is 5.02. The summed E-state index contributed by atoms with van der Waals surface area (Å²) in [6.45, 7) is 13.3. The Kier molecular flexibility index (Phi) is 8.87. The fourth-order valence-electron chi connectivity index (χ4n) is 5.95. The van der Waals surface area contributed by atoms with E-state index in [1.807, 2.05) is 6.21 Å². The summed E-state index contributed by atoms with van der Waals surface area (Å²) in [4.78, 5) is 16.8. The van der Waals surface area contributed by atoms with Crippen LogP contribution in [0.2, 0.25) is 5.02 Å². The van der Waals surface area contributed by atoms with Crippen molar-refractivity contribution in [2.75, 3.05) is 69.0 Å². The molecule has 4 heterocycles. The SMILES string of the molecule is CCc1cc(Nc2ncc(Cl)c(NC3(C(C)C)CC=NN3)n2)c(OC)cc1N1CCC(N2CCN(C)CC2)CC1. The van der Waals surface area contributed by atoms with Crippen LogP contribution in [0.15, 0.2) is 23.4 Å². The summed E-state index contributed by atoms with van der Waals surface area (Å²) in [5, 5.41) is 11.6. The summed E-state index contributed by atoms with van der Waals surface area (Å²) in [5.41, 5.74) is 6.13. The minimum absolute atomic E-state index is 0.254. The van der Waals surface area contributed by atoms with E-state index in [9.17, 15) is 0 Å². The van der Waals surface area contributed by atoms with Crippen LogP contribution in [0.1, 0.15) is 45.6 Å². The van der Waals surface area contributed by atoms with Crippen LogP contribution in [-0.4, -0.2) is 91.1 Å². The zero-order valence-corrected chi connectivity index (χ0v) is 25.3. The molecule has 2 saturated heterocycles. The van der Waals surface area contributed by atoms with E-state index in [0.717, 1.165) is 37.4 Å². The summed E-state index contributed by atoms with van der Waals surface area (Å²) in [7, 11) is 3.93. The summed E-state index contributed by atoms with van der Waals surface area (Å²) < 4.78 is 5.86. The van der Waals surface area contributed by atoms with Crippen molar-refractivity contribution in [3.05, 3.63) is 28.9 Å². The topological polar surface area (TPSA) is 93.2 Å². The Hall–Kier alpha value is -2.82. The number of methoxy groups -OCH3 is 1. The average Bonchev–Trinajstić information content (AvgIpc) is 3.45. The molecule has 0 spiro atoms. The molecule has 1 atom stereocenters. The van der Waals surface area contributed by atoms with E-state index in [0.29, 0.717) is 22.8 Å². The number of hydrazone groups is 1. The minimum Gasteiger partial charge on any atom is -0.494 e. The number of nitrogens with one attached hydrogen (secondary N) is 3. The maximum absolute atomic E-state index is 6.50. The molecular weight excluding hydrogens is 526 g/mol. The van der Waals surface area contributed by atoms with Crippen LogP contribution in [0.25, 0.3) is 0 Å². The molecule has 2 aromatic rings. The lowest BCUT2D eigenvalue weighted by Crippen LogP contribution is -2.52. The monoisotopic (exact) mass is 569 g/mol. The van der Waals surface area contributed by atoms with Crippen LogP contribution >= 0.6 is 11.6 Å². The average molecular weight is 570 g/mol. The first-order chi connectivity index (χ1) is 19.3. The Balaban J connectivity index is 1.31. The van der Waals surface area contributed by atoms with Crippen molar-refractivity contribution in [3.63, 3.8) is 0 Å². The molecule has 5 rings (SSSR count). The Labute approximate surface area is 243 Å². The van der Waals surface area contributed by atoms with Gasteiger partial charge in [-0.3, -0.25) is 10.3 Å². The third-order valence-electron chi connectivity index (χ3n) is 8.73. The summed E-state index contributed by atoms with van der Waals surface area (Å²) >= 11 is 6.50. The van der Waals surface area contributed by atoms with Gasteiger partial charge < -0.3 is 25.2 Å². The van der Waals surface area contributed by atoms with Crippen molar-refractivity contribution in [3.8, 4) is 5.75 Å². The molecule has 3 aliphatic heterocycles. The van der Waals surface area contributed by atoms with Gasteiger partial charge in [0, 0.05) is 69.7 Å². The molecule has 11 heteroatoms. The van der Waals surface area contributed by atoms with Gasteiger partial charge in [0.2, 0.25) is 5.95 Å². The van der Waals surface area contributed by atoms with E-state index in [2.05, 4.69) is 80.8 Å². The highest BCUT2D eigenvalue weighted by Gasteiger charge is 2.36. The Morgan fingerprint density at radius 3 is 2.52 bits per heavy atom. The number of benzene rings is 1. The highest BCUT2D eigenvalue weighted by molar-refractivity contribution is 6.32. The Bertz CT molecular complexity index is 1180. The molecule has 1 unspecified atom stereocenters. The van der Waals surface area contributed by atoms with Crippen LogP contribution < -0.4 is 25.7 Å². The van der Waals surface area contributed by atoms with E-state index >= 15 is 0 Å². The van der Waals surface area contributed by atoms with Gasteiger partial charge in [-0.05, 0) is 43.9 Å². The number of ether oxygens (including phenoxy) is 1. The van der Waals surface area contributed by atoms with Crippen LogP contribution in [0.4, 0.5) is 23.1 Å². The molecule has 1 aromatic heterocycles. The number of hydrogen-bond acceptors (Lipinski definition) is 10. The Morgan fingerprint density at radius 2 is 1.90 bits per heavy atom. The van der Waals surface area contributed by atoms with Crippen molar-refractivity contribution in [1.82, 2.24) is 25.2 Å². The standard InChI is InChI=1S/C29H44ClN9O/c1-6-21-17-24(33-28-31-19-23(30)27(34-28)35-29(20(2)3)9-10-32-36-29)26(40-5)18-25(21)39-11-7-22(8-12-39)38-15-13-37(4)14-16-38/h10,17-20,22,36H,6-9,11-16H2,1-5H3,(H2,31,33,34,35). The van der Waals surface area contributed by atoms with Gasteiger partial charge in [-0.25, -0.2) is 4.98 Å². The van der Waals surface area contributed by atoms with Gasteiger partial charge in [0.25, 0.3) is 0 Å². The van der Waals surface area contributed by atoms with Crippen molar-refractivity contribution in [1.29, 1.82) is 0 Å². The second-order valence-electron chi connectivity index (χ2n) is 11.5. The molecule has 0 radical (unpaired) electrons. The van der Waals surface area contributed by atoms with Crippen LogP contribution in [0.3, 0.4) is 0 Å². The van der Waals surface area contributed by atoms with Crippen molar-refractivity contribution in [2.24, 2.45) is 11.0 Å². The summed E-state index contributed by atoms with van der Waals surface area (Å²) in [5.74, 6) is 2.03. The van der Waals surface area contributed by atoms with E-state index in [1.165, 1.54) is 50.3 Å². The second-order valence-corrected chi connectivity index (χ2v) is 11.9. The molecule has 3 aliphatic rings. The number of halogens is 1. The van der Waals surface area contributed by atoms with Gasteiger partial charge >= 0.3 is 0 Å². The fourth-order valence-corrected chi connectivity index (χ4v) is 6.09. The predicted molar refractivity (Wildman–Crippen MR) is 164 cm³/mol. The van der Waals surface area contributed by atoms with Gasteiger partial charge in [0.1, 0.15) is 16.4 Å². The number of likely N-dealkylation sites (N-methyl/N-ethyl adjacent to an activating group) is 1. The summed E-state index contributed by atoms with van der Waals surface area (Å²) in [6.07, 6.45) is 7.53. The molecule has 3 N–H and O–H groups in total. The molecule has 0 aliphatic carbocycles. The normalized spacial score (nSPS) is 22.5. The van der Waals surface area contributed by atoms with Crippen LogP contribution in [0.5, 0.6) is 5.75 Å². The Morgan fingerprint density at radius 1 is 1.15 bits per heavy atom. The number of aryl methyl sites for hydroxylation is 1. The minimum atomic E-state index is -0.443. The van der Waals surface area contributed by atoms with E-state index in [4.69, 9.17) is 21.3 Å². The molecule has 1 aromatic carbocycles. The molecule has 218 valence electrons. The van der Waals surface area contributed by atoms with Gasteiger partial charge in [0.05, 0.1) is 19.0 Å². The molecule has 0 amide bonds. The zero-order chi connectivity index (χ0) is 28.3. The first-order valence-corrected chi connectivity index (χ1v) is 14.9. The van der Waals surface area contributed by atoms with E-state index in [-0.39, 0.29) is 5.92 Å². The largest absolute Gasteiger partial charge is 0.494 e. The molecule has 2 fully saturated rings. The highest BCUT2D eigenvalue weighted by atomic mass is 35.5. The van der Waals surface area contributed by atoms with E-state index < -0.39 is 5.66 Å². The number of rotatable bonds is 9. The van der Waals surface area contributed by atoms with Gasteiger partial charge in [0.15, 0.2) is 5.82 Å². The molecule has 40 heavy (non-hydrogen) atoms.